The van der Waals surface area contributed by atoms with Crippen LogP contribution in [0.25, 0.3) is 0 Å². The lowest BCUT2D eigenvalue weighted by molar-refractivity contribution is 0.113. The molecule has 0 aromatic heterocycles. The van der Waals surface area contributed by atoms with Crippen molar-refractivity contribution >= 4 is 32.3 Å². The summed E-state index contributed by atoms with van der Waals surface area (Å²) >= 11 is 3.67. The molecule has 0 aliphatic carbocycles. The molecule has 0 N–H and O–H groups in total. The van der Waals surface area contributed by atoms with E-state index in [1.54, 1.807) is 21.3 Å². The Morgan fingerprint density at radius 3 is 1.87 bits per heavy atom. The Morgan fingerprint density at radius 2 is 1.53 bits per heavy atom. The molecular formula is C9H22O3S2Si. The van der Waals surface area contributed by atoms with Gasteiger partial charge in [-0.05, 0) is 24.7 Å². The standard InChI is InChI=1S/C9H22O3S2Si/c1-10-15(11-2,12-3)9(8-14-5)6-7-13-4/h9H,6-8H2,1-5H3. The lowest BCUT2D eigenvalue weighted by Gasteiger charge is -2.32. The highest BCUT2D eigenvalue weighted by Crippen LogP contribution is 2.31. The van der Waals surface area contributed by atoms with Crippen LogP contribution in [0.2, 0.25) is 5.54 Å². The maximum absolute atomic E-state index is 5.52. The van der Waals surface area contributed by atoms with E-state index in [9.17, 15) is 0 Å². The number of thioether (sulfide) groups is 2. The summed E-state index contributed by atoms with van der Waals surface area (Å²) < 4.78 is 16.6. The SMILES string of the molecule is CO[Si](OC)(OC)C(CCSC)CSC. The molecule has 0 rings (SSSR count). The van der Waals surface area contributed by atoms with Crippen molar-refractivity contribution in [1.82, 2.24) is 0 Å². The molecule has 0 saturated carbocycles. The van der Waals surface area contributed by atoms with E-state index in [0.717, 1.165) is 17.9 Å². The molecule has 15 heavy (non-hydrogen) atoms. The van der Waals surface area contributed by atoms with Crippen molar-refractivity contribution in [2.45, 2.75) is 12.0 Å². The smallest absolute Gasteiger partial charge is 0.377 e. The predicted molar refractivity (Wildman–Crippen MR) is 71.9 cm³/mol. The summed E-state index contributed by atoms with van der Waals surface area (Å²) in [5.74, 6) is 2.15. The van der Waals surface area contributed by atoms with E-state index in [1.807, 2.05) is 23.5 Å². The third kappa shape index (κ3) is 4.66. The molecule has 0 bridgehead atoms. The molecule has 0 saturated heterocycles. The predicted octanol–water partition coefficient (Wildman–Crippen LogP) is 2.35. The number of hydrogen-bond acceptors (Lipinski definition) is 5. The summed E-state index contributed by atoms with van der Waals surface area (Å²) in [5, 5.41) is 0. The van der Waals surface area contributed by atoms with Crippen LogP contribution in [0, 0.1) is 0 Å². The highest BCUT2D eigenvalue weighted by Gasteiger charge is 2.46. The topological polar surface area (TPSA) is 27.7 Å². The van der Waals surface area contributed by atoms with Crippen LogP contribution in [0.4, 0.5) is 0 Å². The summed E-state index contributed by atoms with van der Waals surface area (Å²) in [7, 11) is 2.62. The molecule has 0 amide bonds. The molecule has 3 nitrogen and oxygen atoms in total. The van der Waals surface area contributed by atoms with Crippen LogP contribution in [-0.4, -0.2) is 54.2 Å². The number of hydrogen-bond donors (Lipinski definition) is 0. The van der Waals surface area contributed by atoms with Crippen LogP contribution in [0.5, 0.6) is 0 Å². The van der Waals surface area contributed by atoms with Crippen LogP contribution in [-0.2, 0) is 13.3 Å². The molecule has 0 aliphatic rings. The van der Waals surface area contributed by atoms with Gasteiger partial charge >= 0.3 is 8.80 Å². The van der Waals surface area contributed by atoms with Crippen LogP contribution in [0.15, 0.2) is 0 Å². The van der Waals surface area contributed by atoms with Gasteiger partial charge in [0.05, 0.1) is 0 Å². The second kappa shape index (κ2) is 8.89. The highest BCUT2D eigenvalue weighted by atomic mass is 32.2. The number of rotatable bonds is 9. The molecule has 6 heteroatoms. The van der Waals surface area contributed by atoms with Crippen LogP contribution < -0.4 is 0 Å². The van der Waals surface area contributed by atoms with Gasteiger partial charge in [-0.25, -0.2) is 0 Å². The fraction of sp³-hybridized carbons (Fsp3) is 1.00. The fourth-order valence-corrected chi connectivity index (χ4v) is 6.19. The van der Waals surface area contributed by atoms with Crippen LogP contribution in [0.3, 0.4) is 0 Å². The van der Waals surface area contributed by atoms with Gasteiger partial charge in [-0.15, -0.1) is 0 Å². The van der Waals surface area contributed by atoms with Gasteiger partial charge in [0.2, 0.25) is 0 Å². The van der Waals surface area contributed by atoms with Crippen molar-refractivity contribution in [2.24, 2.45) is 0 Å². The molecule has 0 spiro atoms. The monoisotopic (exact) mass is 270 g/mol. The Kier molecular flexibility index (Phi) is 9.37. The Balaban J connectivity index is 4.50. The maximum atomic E-state index is 5.52. The van der Waals surface area contributed by atoms with E-state index >= 15 is 0 Å². The van der Waals surface area contributed by atoms with Gasteiger partial charge < -0.3 is 13.3 Å². The first-order valence-electron chi connectivity index (χ1n) is 4.84. The average molecular weight is 270 g/mol. The van der Waals surface area contributed by atoms with Crippen molar-refractivity contribution < 1.29 is 13.3 Å². The lowest BCUT2D eigenvalue weighted by Crippen LogP contribution is -2.48. The van der Waals surface area contributed by atoms with Crippen LogP contribution in [0.1, 0.15) is 6.42 Å². The van der Waals surface area contributed by atoms with Gasteiger partial charge in [-0.1, -0.05) is 0 Å². The minimum absolute atomic E-state index is 0.389. The van der Waals surface area contributed by atoms with Gasteiger partial charge in [0, 0.05) is 32.6 Å². The summed E-state index contributed by atoms with van der Waals surface area (Å²) in [6.07, 6.45) is 5.31. The first-order chi connectivity index (χ1) is 7.20. The molecule has 0 aliphatic heterocycles. The molecular weight excluding hydrogens is 248 g/mol. The normalized spacial score (nSPS) is 14.2. The minimum atomic E-state index is -2.44. The lowest BCUT2D eigenvalue weighted by atomic mass is 10.4. The molecule has 0 aromatic rings. The first kappa shape index (κ1) is 15.8. The Bertz CT molecular complexity index is 148. The summed E-state index contributed by atoms with van der Waals surface area (Å²) in [6.45, 7) is 0. The third-order valence-corrected chi connectivity index (χ3v) is 7.27. The summed E-state index contributed by atoms with van der Waals surface area (Å²) in [6, 6.07) is 0. The van der Waals surface area contributed by atoms with E-state index < -0.39 is 8.80 Å². The zero-order valence-electron chi connectivity index (χ0n) is 10.2. The Morgan fingerprint density at radius 1 is 1.00 bits per heavy atom. The van der Waals surface area contributed by atoms with Gasteiger partial charge in [0.15, 0.2) is 0 Å². The summed E-state index contributed by atoms with van der Waals surface area (Å²) in [4.78, 5) is 0. The van der Waals surface area contributed by atoms with E-state index in [1.165, 1.54) is 0 Å². The molecule has 0 aromatic carbocycles. The van der Waals surface area contributed by atoms with Crippen molar-refractivity contribution in [3.63, 3.8) is 0 Å². The van der Waals surface area contributed by atoms with Crippen molar-refractivity contribution in [3.05, 3.63) is 0 Å². The molecule has 0 fully saturated rings. The van der Waals surface area contributed by atoms with Gasteiger partial charge in [0.25, 0.3) is 0 Å². The third-order valence-electron chi connectivity index (χ3n) is 2.39. The molecule has 92 valence electrons. The van der Waals surface area contributed by atoms with Gasteiger partial charge in [-0.3, -0.25) is 0 Å². The molecule has 0 heterocycles. The van der Waals surface area contributed by atoms with E-state index in [-0.39, 0.29) is 0 Å². The summed E-state index contributed by atoms with van der Waals surface area (Å²) in [5.41, 5.74) is 0.389. The second-order valence-electron chi connectivity index (χ2n) is 3.15. The average Bonchev–Trinajstić information content (AvgIpc) is 2.28. The van der Waals surface area contributed by atoms with E-state index in [2.05, 4.69) is 12.5 Å². The van der Waals surface area contributed by atoms with Crippen molar-refractivity contribution in [1.29, 1.82) is 0 Å². The van der Waals surface area contributed by atoms with Crippen molar-refractivity contribution in [2.75, 3.05) is 45.3 Å². The van der Waals surface area contributed by atoms with Gasteiger partial charge in [0.1, 0.15) is 0 Å². The minimum Gasteiger partial charge on any atom is -0.377 e. The second-order valence-corrected chi connectivity index (χ2v) is 8.29. The maximum Gasteiger partial charge on any atom is 0.504 e. The first-order valence-corrected chi connectivity index (χ1v) is 9.43. The van der Waals surface area contributed by atoms with E-state index in [4.69, 9.17) is 13.3 Å². The zero-order chi connectivity index (χ0) is 11.7. The van der Waals surface area contributed by atoms with Crippen molar-refractivity contribution in [3.8, 4) is 0 Å². The Hall–Kier alpha value is 0.797. The quantitative estimate of drug-likeness (QED) is 0.600. The largest absolute Gasteiger partial charge is 0.504 e. The van der Waals surface area contributed by atoms with Crippen LogP contribution >= 0.6 is 23.5 Å². The van der Waals surface area contributed by atoms with Gasteiger partial charge in [-0.2, -0.15) is 23.5 Å². The molecule has 1 unspecified atom stereocenters. The molecule has 0 radical (unpaired) electrons. The molecule has 1 atom stereocenters. The zero-order valence-corrected chi connectivity index (χ0v) is 12.9. The highest BCUT2D eigenvalue weighted by molar-refractivity contribution is 7.99. The van der Waals surface area contributed by atoms with E-state index in [0.29, 0.717) is 5.54 Å². The Labute approximate surface area is 103 Å². The fourth-order valence-electron chi connectivity index (χ4n) is 1.57.